The summed E-state index contributed by atoms with van der Waals surface area (Å²) in [5, 5.41) is 0. The molecule has 0 N–H and O–H groups in total. The molecule has 0 spiro atoms. The fourth-order valence-electron chi connectivity index (χ4n) is 4.64. The monoisotopic (exact) mass is 490 g/mol. The average molecular weight is 491 g/mol. The number of hydrogen-bond acceptors (Lipinski definition) is 5. The summed E-state index contributed by atoms with van der Waals surface area (Å²) in [7, 11) is 0. The van der Waals surface area contributed by atoms with Gasteiger partial charge in [0.05, 0.1) is 5.41 Å². The molecule has 4 aromatic rings. The Morgan fingerprint density at radius 3 is 1.39 bits per heavy atom. The summed E-state index contributed by atoms with van der Waals surface area (Å²) >= 11 is 1.74. The summed E-state index contributed by atoms with van der Waals surface area (Å²) in [6.45, 7) is 6.93. The van der Waals surface area contributed by atoms with Crippen molar-refractivity contribution in [3.63, 3.8) is 0 Å². The van der Waals surface area contributed by atoms with Crippen LogP contribution in [0.2, 0.25) is 0 Å². The van der Waals surface area contributed by atoms with Gasteiger partial charge in [-0.25, -0.2) is 9.59 Å². The van der Waals surface area contributed by atoms with Crippen molar-refractivity contribution in [2.24, 2.45) is 0 Å². The number of benzene rings is 4. The Morgan fingerprint density at radius 1 is 0.611 bits per heavy atom. The van der Waals surface area contributed by atoms with Crippen LogP contribution in [0.3, 0.4) is 0 Å². The summed E-state index contributed by atoms with van der Waals surface area (Å²) < 4.78 is 10.7. The molecule has 0 saturated carbocycles. The lowest BCUT2D eigenvalue weighted by molar-refractivity contribution is -0.129. The highest BCUT2D eigenvalue weighted by Crippen LogP contribution is 2.55. The van der Waals surface area contributed by atoms with E-state index >= 15 is 0 Å². The van der Waals surface area contributed by atoms with Gasteiger partial charge in [-0.15, -0.1) is 0 Å². The Bertz CT molecular complexity index is 1360. The van der Waals surface area contributed by atoms with Gasteiger partial charge < -0.3 is 9.47 Å². The second-order valence-electron chi connectivity index (χ2n) is 8.14. The molecule has 1 aliphatic heterocycles. The van der Waals surface area contributed by atoms with Gasteiger partial charge in [0.15, 0.2) is 0 Å². The van der Waals surface area contributed by atoms with Crippen molar-refractivity contribution in [2.75, 3.05) is 0 Å². The largest absolute Gasteiger partial charge is 0.423 e. The molecule has 176 valence electrons. The first-order chi connectivity index (χ1) is 17.6. The molecule has 1 heterocycles. The summed E-state index contributed by atoms with van der Waals surface area (Å²) in [6, 6.07) is 31.9. The van der Waals surface area contributed by atoms with Crippen LogP contribution in [0, 0.1) is 0 Å². The predicted octanol–water partition coefficient (Wildman–Crippen LogP) is 6.72. The fourth-order valence-corrected chi connectivity index (χ4v) is 5.84. The minimum absolute atomic E-state index is 0.442. The molecular weight excluding hydrogens is 468 g/mol. The first-order valence-corrected chi connectivity index (χ1v) is 12.1. The molecule has 0 bridgehead atoms. The van der Waals surface area contributed by atoms with Crippen molar-refractivity contribution in [1.82, 2.24) is 0 Å². The van der Waals surface area contributed by atoms with Gasteiger partial charge in [0.1, 0.15) is 11.5 Å². The second kappa shape index (κ2) is 9.72. The third kappa shape index (κ3) is 4.04. The minimum Gasteiger partial charge on any atom is -0.423 e. The van der Waals surface area contributed by atoms with Crippen molar-refractivity contribution >= 4 is 23.7 Å². The molecule has 1 aliphatic rings. The zero-order valence-electron chi connectivity index (χ0n) is 19.3. The van der Waals surface area contributed by atoms with Crippen LogP contribution in [-0.2, 0) is 15.0 Å². The maximum Gasteiger partial charge on any atom is 0.335 e. The van der Waals surface area contributed by atoms with Gasteiger partial charge >= 0.3 is 11.9 Å². The van der Waals surface area contributed by atoms with Crippen molar-refractivity contribution in [2.45, 2.75) is 15.2 Å². The molecular formula is C31H22O4S. The Kier molecular flexibility index (Phi) is 6.32. The molecule has 4 aromatic carbocycles. The van der Waals surface area contributed by atoms with Gasteiger partial charge in [-0.05, 0) is 58.7 Å². The maximum atomic E-state index is 11.7. The van der Waals surface area contributed by atoms with Crippen molar-refractivity contribution in [3.8, 4) is 11.5 Å². The standard InChI is InChI=1S/C31H22O4S/c1-3-29(32)34-23-17-13-21(14-18-23)31(22-15-19-24(20-16-22)35-30(33)4-2)25-9-5-7-11-27(25)36-28-12-8-6-10-26(28)31/h3-20H,1-2H2. The van der Waals surface area contributed by atoms with Crippen LogP contribution in [0.25, 0.3) is 0 Å². The molecule has 5 heteroatoms. The zero-order chi connectivity index (χ0) is 25.1. The fraction of sp³-hybridized carbons (Fsp3) is 0.0323. The predicted molar refractivity (Wildman–Crippen MR) is 141 cm³/mol. The van der Waals surface area contributed by atoms with Crippen LogP contribution in [-0.4, -0.2) is 11.9 Å². The number of esters is 2. The molecule has 0 amide bonds. The highest BCUT2D eigenvalue weighted by atomic mass is 32.2. The minimum atomic E-state index is -0.652. The summed E-state index contributed by atoms with van der Waals surface area (Å²) in [6.07, 6.45) is 2.28. The first kappa shape index (κ1) is 23.4. The Morgan fingerprint density at radius 2 is 1.00 bits per heavy atom. The van der Waals surface area contributed by atoms with Gasteiger partial charge in [0.2, 0.25) is 0 Å². The third-order valence-corrected chi connectivity index (χ3v) is 7.30. The third-order valence-electron chi connectivity index (χ3n) is 6.15. The van der Waals surface area contributed by atoms with Crippen molar-refractivity contribution in [3.05, 3.63) is 145 Å². The first-order valence-electron chi connectivity index (χ1n) is 11.3. The van der Waals surface area contributed by atoms with E-state index in [1.807, 2.05) is 48.5 Å². The number of hydrogen-bond donors (Lipinski definition) is 0. The van der Waals surface area contributed by atoms with Gasteiger partial charge in [0, 0.05) is 21.9 Å². The molecule has 0 atom stereocenters. The molecule has 0 fully saturated rings. The molecule has 0 aromatic heterocycles. The summed E-state index contributed by atoms with van der Waals surface area (Å²) in [5.41, 5.74) is 3.65. The molecule has 0 radical (unpaired) electrons. The second-order valence-corrected chi connectivity index (χ2v) is 9.23. The van der Waals surface area contributed by atoms with Crippen molar-refractivity contribution < 1.29 is 19.1 Å². The van der Waals surface area contributed by atoms with Gasteiger partial charge in [0.25, 0.3) is 0 Å². The van der Waals surface area contributed by atoms with E-state index in [0.717, 1.165) is 44.2 Å². The Hall–Kier alpha value is -4.35. The zero-order valence-corrected chi connectivity index (χ0v) is 20.2. The van der Waals surface area contributed by atoms with Crippen LogP contribution in [0.1, 0.15) is 22.3 Å². The van der Waals surface area contributed by atoms with E-state index in [4.69, 9.17) is 9.47 Å². The van der Waals surface area contributed by atoms with E-state index in [1.54, 1.807) is 36.0 Å². The van der Waals surface area contributed by atoms with Crippen LogP contribution in [0.5, 0.6) is 11.5 Å². The van der Waals surface area contributed by atoms with Crippen LogP contribution < -0.4 is 9.47 Å². The Balaban J connectivity index is 1.75. The van der Waals surface area contributed by atoms with Gasteiger partial charge in [-0.3, -0.25) is 0 Å². The van der Waals surface area contributed by atoms with E-state index in [9.17, 15) is 9.59 Å². The van der Waals surface area contributed by atoms with Crippen LogP contribution >= 0.6 is 11.8 Å². The molecule has 5 rings (SSSR count). The van der Waals surface area contributed by atoms with E-state index in [2.05, 4.69) is 37.4 Å². The number of rotatable bonds is 6. The van der Waals surface area contributed by atoms with E-state index in [0.29, 0.717) is 11.5 Å². The topological polar surface area (TPSA) is 52.6 Å². The lowest BCUT2D eigenvalue weighted by Crippen LogP contribution is -2.34. The molecule has 36 heavy (non-hydrogen) atoms. The van der Waals surface area contributed by atoms with Gasteiger partial charge in [-0.2, -0.15) is 0 Å². The number of ether oxygens (including phenoxy) is 2. The van der Waals surface area contributed by atoms with E-state index in [1.165, 1.54) is 0 Å². The lowest BCUT2D eigenvalue weighted by atomic mass is 9.65. The van der Waals surface area contributed by atoms with E-state index in [-0.39, 0.29) is 0 Å². The average Bonchev–Trinajstić information content (AvgIpc) is 2.92. The summed E-state index contributed by atoms with van der Waals surface area (Å²) in [4.78, 5) is 25.8. The van der Waals surface area contributed by atoms with E-state index < -0.39 is 17.4 Å². The normalized spacial score (nSPS) is 13.0. The maximum absolute atomic E-state index is 11.7. The molecule has 0 aliphatic carbocycles. The number of carbonyl (C=O) groups is 2. The van der Waals surface area contributed by atoms with Gasteiger partial charge in [-0.1, -0.05) is 85.6 Å². The summed E-state index contributed by atoms with van der Waals surface area (Å²) in [5.74, 6) is -0.131. The highest BCUT2D eigenvalue weighted by Gasteiger charge is 2.44. The van der Waals surface area contributed by atoms with Crippen molar-refractivity contribution in [1.29, 1.82) is 0 Å². The van der Waals surface area contributed by atoms with Crippen LogP contribution in [0.15, 0.2) is 132 Å². The SMILES string of the molecule is C=CC(=O)Oc1ccc(C2(c3ccc(OC(=O)C=C)cc3)c3ccccc3Sc3ccccc32)cc1. The van der Waals surface area contributed by atoms with Crippen LogP contribution in [0.4, 0.5) is 0 Å². The number of carbonyl (C=O) groups excluding carboxylic acids is 2. The molecule has 0 saturated heterocycles. The lowest BCUT2D eigenvalue weighted by Gasteiger charge is -2.41. The molecule has 0 unspecified atom stereocenters. The highest BCUT2D eigenvalue weighted by molar-refractivity contribution is 7.99. The quantitative estimate of drug-likeness (QED) is 0.150. The number of fused-ring (bicyclic) bond motifs is 2. The smallest absolute Gasteiger partial charge is 0.335 e. The Labute approximate surface area is 213 Å². The molecule has 4 nitrogen and oxygen atoms in total.